The molecule has 5 heteroatoms. The largest absolute Gasteiger partial charge is 0.373 e. The van der Waals surface area contributed by atoms with Crippen molar-refractivity contribution in [3.63, 3.8) is 0 Å². The summed E-state index contributed by atoms with van der Waals surface area (Å²) >= 11 is 6.26. The highest BCUT2D eigenvalue weighted by Crippen LogP contribution is 2.41. The Bertz CT molecular complexity index is 855. The van der Waals surface area contributed by atoms with Crippen LogP contribution in [0, 0.1) is 0 Å². The highest BCUT2D eigenvalue weighted by molar-refractivity contribution is 6.35. The number of hydrogen-bond donors (Lipinski definition) is 0. The van der Waals surface area contributed by atoms with Gasteiger partial charge in [-0.25, -0.2) is 0 Å². The van der Waals surface area contributed by atoms with E-state index >= 15 is 0 Å². The zero-order chi connectivity index (χ0) is 20.8. The van der Waals surface area contributed by atoms with Gasteiger partial charge in [0.1, 0.15) is 0 Å². The number of likely N-dealkylation sites (N-methyl/N-ethyl adjacent to an activating group) is 1. The molecule has 2 heterocycles. The van der Waals surface area contributed by atoms with Gasteiger partial charge in [-0.1, -0.05) is 43.0 Å². The zero-order valence-corrected chi connectivity index (χ0v) is 18.1. The molecule has 1 saturated carbocycles. The van der Waals surface area contributed by atoms with Crippen molar-refractivity contribution in [3.05, 3.63) is 59.4 Å². The molecule has 2 aliphatic rings. The predicted octanol–water partition coefficient (Wildman–Crippen LogP) is 5.91. The lowest BCUT2D eigenvalue weighted by molar-refractivity contribution is 0.182. The maximum absolute atomic E-state index is 11.9. The molecule has 4 rings (SSSR count). The van der Waals surface area contributed by atoms with E-state index in [1.54, 1.807) is 0 Å². The third kappa shape index (κ3) is 6.03. The normalized spacial score (nSPS) is 17.0. The van der Waals surface area contributed by atoms with E-state index in [9.17, 15) is 4.39 Å². The molecule has 1 aromatic heterocycles. The minimum absolute atomic E-state index is 0.229. The molecule has 2 aromatic rings. The lowest BCUT2D eigenvalue weighted by atomic mass is 10.1. The third-order valence-corrected chi connectivity index (χ3v) is 5.90. The number of hydrogen-bond acceptors (Lipinski definition) is 3. The SMILES string of the molecule is C=C(CCCF)N1CCN(C)CC1.C=Cc1ccc2c(Cl)cc(C3CC3)nc2c1. The molecule has 0 radical (unpaired) electrons. The number of pyridine rings is 1. The van der Waals surface area contributed by atoms with Crippen LogP contribution in [0.2, 0.25) is 5.02 Å². The maximum atomic E-state index is 11.9. The smallest absolute Gasteiger partial charge is 0.0898 e. The summed E-state index contributed by atoms with van der Waals surface area (Å²) in [5.41, 5.74) is 4.31. The van der Waals surface area contributed by atoms with Crippen LogP contribution in [0.4, 0.5) is 4.39 Å². The molecule has 29 heavy (non-hydrogen) atoms. The minimum atomic E-state index is -0.229. The minimum Gasteiger partial charge on any atom is -0.373 e. The number of benzene rings is 1. The Morgan fingerprint density at radius 2 is 1.97 bits per heavy atom. The molecular weight excluding hydrogens is 385 g/mol. The van der Waals surface area contributed by atoms with Gasteiger partial charge in [-0.05, 0) is 50.4 Å². The summed E-state index contributed by atoms with van der Waals surface area (Å²) < 4.78 is 11.9. The van der Waals surface area contributed by atoms with Gasteiger partial charge in [0.2, 0.25) is 0 Å². The standard InChI is InChI=1S/C14H12ClN.C10H19FN2/c1-2-9-3-6-11-12(15)8-13(10-4-5-10)16-14(11)7-9;1-10(4-3-5-11)13-8-6-12(2)7-9-13/h2-3,6-8,10H,1,4-5H2;1,3-9H2,2H3. The second-order valence-corrected chi connectivity index (χ2v) is 8.34. The predicted molar refractivity (Wildman–Crippen MR) is 122 cm³/mol. The van der Waals surface area contributed by atoms with Crippen molar-refractivity contribution in [2.45, 2.75) is 31.6 Å². The topological polar surface area (TPSA) is 19.4 Å². The molecular formula is C24H31ClFN3. The quantitative estimate of drug-likeness (QED) is 0.585. The molecule has 0 N–H and O–H groups in total. The fourth-order valence-electron chi connectivity index (χ4n) is 3.49. The Kier molecular flexibility index (Phi) is 7.68. The Labute approximate surface area is 178 Å². The first kappa shape index (κ1) is 21.8. The Balaban J connectivity index is 0.000000170. The van der Waals surface area contributed by atoms with Gasteiger partial charge in [0.15, 0.2) is 0 Å². The molecule has 1 aromatic carbocycles. The van der Waals surface area contributed by atoms with E-state index in [2.05, 4.69) is 35.0 Å². The van der Waals surface area contributed by atoms with Crippen LogP contribution < -0.4 is 0 Å². The van der Waals surface area contributed by atoms with Crippen molar-refractivity contribution >= 4 is 28.6 Å². The maximum Gasteiger partial charge on any atom is 0.0898 e. The van der Waals surface area contributed by atoms with Gasteiger partial charge < -0.3 is 9.80 Å². The molecule has 1 aliphatic heterocycles. The highest BCUT2D eigenvalue weighted by atomic mass is 35.5. The average Bonchev–Trinajstić information content (AvgIpc) is 3.58. The molecule has 1 aliphatic carbocycles. The fourth-order valence-corrected chi connectivity index (χ4v) is 3.76. The molecule has 0 spiro atoms. The number of nitrogens with zero attached hydrogens (tertiary/aromatic N) is 3. The lowest BCUT2D eigenvalue weighted by Crippen LogP contribution is -2.43. The number of piperazine rings is 1. The van der Waals surface area contributed by atoms with Crippen LogP contribution in [0.3, 0.4) is 0 Å². The fraction of sp³-hybridized carbons (Fsp3) is 0.458. The third-order valence-electron chi connectivity index (χ3n) is 5.58. The van der Waals surface area contributed by atoms with Crippen molar-refractivity contribution in [1.29, 1.82) is 0 Å². The summed E-state index contributed by atoms with van der Waals surface area (Å²) in [7, 11) is 2.13. The van der Waals surface area contributed by atoms with Gasteiger partial charge in [-0.2, -0.15) is 0 Å². The van der Waals surface area contributed by atoms with Crippen LogP contribution in [0.1, 0.15) is 42.9 Å². The molecule has 0 bridgehead atoms. The van der Waals surface area contributed by atoms with Gasteiger partial charge in [0.25, 0.3) is 0 Å². The summed E-state index contributed by atoms with van der Waals surface area (Å²) in [6.45, 7) is 11.8. The number of aromatic nitrogens is 1. The van der Waals surface area contributed by atoms with Gasteiger partial charge in [0.05, 0.1) is 17.2 Å². The zero-order valence-electron chi connectivity index (χ0n) is 17.3. The number of halogens is 2. The Morgan fingerprint density at radius 3 is 2.59 bits per heavy atom. The van der Waals surface area contributed by atoms with Crippen LogP contribution in [-0.4, -0.2) is 54.7 Å². The van der Waals surface area contributed by atoms with E-state index in [0.717, 1.165) is 65.5 Å². The molecule has 1 saturated heterocycles. The summed E-state index contributed by atoms with van der Waals surface area (Å²) in [5, 5.41) is 1.83. The molecule has 0 amide bonds. The summed E-state index contributed by atoms with van der Waals surface area (Å²) in [5.74, 6) is 0.634. The number of allylic oxidation sites excluding steroid dienone is 1. The number of fused-ring (bicyclic) bond motifs is 1. The van der Waals surface area contributed by atoms with Gasteiger partial charge in [-0.3, -0.25) is 9.37 Å². The van der Waals surface area contributed by atoms with E-state index in [4.69, 9.17) is 11.6 Å². The van der Waals surface area contributed by atoms with E-state index in [-0.39, 0.29) is 6.67 Å². The van der Waals surface area contributed by atoms with Gasteiger partial charge in [-0.15, -0.1) is 0 Å². The lowest BCUT2D eigenvalue weighted by Gasteiger charge is -2.35. The first-order chi connectivity index (χ1) is 14.0. The van der Waals surface area contributed by atoms with E-state index in [1.807, 2.05) is 30.3 Å². The average molecular weight is 416 g/mol. The second-order valence-electron chi connectivity index (χ2n) is 7.93. The highest BCUT2D eigenvalue weighted by Gasteiger charge is 2.25. The van der Waals surface area contributed by atoms with Crippen LogP contribution in [0.15, 0.2) is 43.1 Å². The second kappa shape index (κ2) is 10.2. The van der Waals surface area contributed by atoms with Crippen LogP contribution in [0.25, 0.3) is 17.0 Å². The van der Waals surface area contributed by atoms with Crippen molar-refractivity contribution in [1.82, 2.24) is 14.8 Å². The Hall–Kier alpha value is -1.91. The van der Waals surface area contributed by atoms with Crippen LogP contribution in [0.5, 0.6) is 0 Å². The molecule has 156 valence electrons. The first-order valence-corrected chi connectivity index (χ1v) is 10.8. The van der Waals surface area contributed by atoms with E-state index < -0.39 is 0 Å². The summed E-state index contributed by atoms with van der Waals surface area (Å²) in [6, 6.07) is 8.08. The van der Waals surface area contributed by atoms with Crippen molar-refractivity contribution < 1.29 is 4.39 Å². The molecule has 0 atom stereocenters. The van der Waals surface area contributed by atoms with Crippen LogP contribution in [-0.2, 0) is 0 Å². The molecule has 2 fully saturated rings. The number of alkyl halides is 1. The Morgan fingerprint density at radius 1 is 1.24 bits per heavy atom. The van der Waals surface area contributed by atoms with Crippen LogP contribution >= 0.6 is 11.6 Å². The summed E-state index contributed by atoms with van der Waals surface area (Å²) in [4.78, 5) is 9.25. The van der Waals surface area contributed by atoms with Crippen molar-refractivity contribution in [3.8, 4) is 0 Å². The van der Waals surface area contributed by atoms with E-state index in [0.29, 0.717) is 12.3 Å². The molecule has 0 unspecified atom stereocenters. The van der Waals surface area contributed by atoms with Crippen molar-refractivity contribution in [2.75, 3.05) is 39.9 Å². The molecule has 3 nitrogen and oxygen atoms in total. The number of rotatable bonds is 6. The summed E-state index contributed by atoms with van der Waals surface area (Å²) in [6.07, 6.45) is 5.75. The van der Waals surface area contributed by atoms with Gasteiger partial charge >= 0.3 is 0 Å². The monoisotopic (exact) mass is 415 g/mol. The van der Waals surface area contributed by atoms with Gasteiger partial charge in [0, 0.05) is 48.9 Å². The van der Waals surface area contributed by atoms with Crippen molar-refractivity contribution in [2.24, 2.45) is 0 Å². The first-order valence-electron chi connectivity index (χ1n) is 10.4. The van der Waals surface area contributed by atoms with E-state index in [1.165, 1.54) is 12.8 Å².